The Balaban J connectivity index is 1.62. The van der Waals surface area contributed by atoms with Gasteiger partial charge in [-0.3, -0.25) is 9.48 Å². The van der Waals surface area contributed by atoms with E-state index in [0.29, 0.717) is 12.2 Å². The smallest absolute Gasteiger partial charge is 0.246 e. The van der Waals surface area contributed by atoms with Crippen molar-refractivity contribution in [2.75, 3.05) is 0 Å². The van der Waals surface area contributed by atoms with E-state index in [4.69, 9.17) is 4.52 Å². The number of nitrogens with one attached hydrogen (secondary N) is 1. The van der Waals surface area contributed by atoms with E-state index in [1.54, 1.807) is 41.6 Å². The molecule has 0 unspecified atom stereocenters. The number of hydrogen-bond acceptors (Lipinski definition) is 7. The van der Waals surface area contributed by atoms with Crippen molar-refractivity contribution in [1.82, 2.24) is 35.2 Å². The summed E-state index contributed by atoms with van der Waals surface area (Å²) in [5, 5.41) is 10.7. The zero-order valence-electron chi connectivity index (χ0n) is 12.5. The third-order valence-corrected chi connectivity index (χ3v) is 3.18. The Kier molecular flexibility index (Phi) is 4.37. The maximum atomic E-state index is 12.2. The number of aromatic nitrogens is 6. The van der Waals surface area contributed by atoms with E-state index >= 15 is 0 Å². The van der Waals surface area contributed by atoms with Crippen LogP contribution in [0.2, 0.25) is 0 Å². The Morgan fingerprint density at radius 2 is 2.09 bits per heavy atom. The molecule has 1 N–H and O–H groups in total. The van der Waals surface area contributed by atoms with Gasteiger partial charge >= 0.3 is 0 Å². The van der Waals surface area contributed by atoms with Crippen molar-refractivity contribution in [3.05, 3.63) is 42.8 Å². The van der Waals surface area contributed by atoms with Crippen LogP contribution in [0.5, 0.6) is 0 Å². The number of carbonyl (C=O) groups excluding carboxylic acids is 1. The molecule has 0 aliphatic heterocycles. The van der Waals surface area contributed by atoms with Crippen molar-refractivity contribution in [2.45, 2.75) is 25.9 Å². The molecule has 0 saturated heterocycles. The minimum absolute atomic E-state index is 0.135. The zero-order valence-corrected chi connectivity index (χ0v) is 12.5. The van der Waals surface area contributed by atoms with Crippen molar-refractivity contribution in [2.24, 2.45) is 0 Å². The first kappa shape index (κ1) is 14.8. The second kappa shape index (κ2) is 6.77. The number of carbonyl (C=O) groups is 1. The first-order valence-electron chi connectivity index (χ1n) is 7.14. The van der Waals surface area contributed by atoms with Gasteiger partial charge in [0.15, 0.2) is 0 Å². The average molecular weight is 313 g/mol. The largest absolute Gasteiger partial charge is 0.345 e. The summed E-state index contributed by atoms with van der Waals surface area (Å²) in [5.41, 5.74) is 0. The molecule has 0 aliphatic carbocycles. The van der Waals surface area contributed by atoms with E-state index < -0.39 is 0 Å². The van der Waals surface area contributed by atoms with Gasteiger partial charge in [-0.1, -0.05) is 12.1 Å². The number of amides is 1. The first-order chi connectivity index (χ1) is 11.3. The lowest BCUT2D eigenvalue weighted by atomic mass is 10.2. The molecule has 118 valence electrons. The van der Waals surface area contributed by atoms with Crippen LogP contribution in [0.15, 0.2) is 41.4 Å². The van der Waals surface area contributed by atoms with Crippen LogP contribution in [-0.2, 0) is 11.3 Å². The molecule has 0 aliphatic rings. The summed E-state index contributed by atoms with van der Waals surface area (Å²) in [5.74, 6) is 0.786. The Labute approximate surface area is 131 Å². The van der Waals surface area contributed by atoms with E-state index in [-0.39, 0.29) is 30.2 Å². The molecule has 1 atom stereocenters. The summed E-state index contributed by atoms with van der Waals surface area (Å²) in [6.45, 7) is 2.06. The molecule has 0 radical (unpaired) electrons. The molecule has 23 heavy (non-hydrogen) atoms. The van der Waals surface area contributed by atoms with Gasteiger partial charge in [0.1, 0.15) is 6.04 Å². The van der Waals surface area contributed by atoms with Gasteiger partial charge < -0.3 is 9.84 Å². The summed E-state index contributed by atoms with van der Waals surface area (Å²) in [7, 11) is 0. The molecule has 1 amide bonds. The molecule has 3 aromatic rings. The zero-order chi connectivity index (χ0) is 16.1. The minimum Gasteiger partial charge on any atom is -0.345 e. The Morgan fingerprint density at radius 1 is 1.26 bits per heavy atom. The molecule has 9 heteroatoms. The quantitative estimate of drug-likeness (QED) is 0.722. The van der Waals surface area contributed by atoms with E-state index in [9.17, 15) is 4.79 Å². The predicted molar refractivity (Wildman–Crippen MR) is 78.7 cm³/mol. The molecular weight excluding hydrogens is 298 g/mol. The van der Waals surface area contributed by atoms with Gasteiger partial charge in [-0.2, -0.15) is 10.1 Å². The van der Waals surface area contributed by atoms with E-state index in [0.717, 1.165) is 0 Å². The highest BCUT2D eigenvalue weighted by Gasteiger charge is 2.19. The Bertz CT molecular complexity index is 755. The number of nitrogens with zero attached hydrogens (tertiary/aromatic N) is 6. The first-order valence-corrected chi connectivity index (χ1v) is 7.14. The van der Waals surface area contributed by atoms with Crippen molar-refractivity contribution in [1.29, 1.82) is 0 Å². The van der Waals surface area contributed by atoms with Gasteiger partial charge in [0.2, 0.25) is 23.4 Å². The highest BCUT2D eigenvalue weighted by atomic mass is 16.5. The predicted octanol–water partition coefficient (Wildman–Crippen LogP) is 0.991. The Morgan fingerprint density at radius 3 is 2.78 bits per heavy atom. The van der Waals surface area contributed by atoms with E-state index in [1.807, 2.05) is 6.92 Å². The summed E-state index contributed by atoms with van der Waals surface area (Å²) >= 11 is 0. The molecule has 9 nitrogen and oxygen atoms in total. The van der Waals surface area contributed by atoms with Crippen LogP contribution in [0.3, 0.4) is 0 Å². The SMILES string of the molecule is CC[C@@H](C(=O)NCc1nc(-c2ncccn2)no1)n1cccn1. The van der Waals surface area contributed by atoms with Gasteiger partial charge in [-0.05, 0) is 18.6 Å². The van der Waals surface area contributed by atoms with E-state index in [1.165, 1.54) is 0 Å². The fourth-order valence-electron chi connectivity index (χ4n) is 2.07. The average Bonchev–Trinajstić information content (AvgIpc) is 3.26. The molecule has 0 saturated carbocycles. The standard InChI is InChI=1S/C14H15N7O2/c1-2-10(21-8-4-7-18-21)14(22)17-9-11-19-13(20-23-11)12-15-5-3-6-16-12/h3-8,10H,2,9H2,1H3,(H,17,22)/t10-/m0/s1. The Hall–Kier alpha value is -3.10. The molecule has 0 fully saturated rings. The van der Waals surface area contributed by atoms with Crippen molar-refractivity contribution in [3.8, 4) is 11.6 Å². The third-order valence-electron chi connectivity index (χ3n) is 3.18. The molecule has 0 spiro atoms. The van der Waals surface area contributed by atoms with Crippen LogP contribution in [0.1, 0.15) is 25.3 Å². The molecule has 0 aromatic carbocycles. The van der Waals surface area contributed by atoms with Crippen molar-refractivity contribution >= 4 is 5.91 Å². The van der Waals surface area contributed by atoms with Crippen molar-refractivity contribution < 1.29 is 9.32 Å². The maximum Gasteiger partial charge on any atom is 0.246 e. The number of rotatable bonds is 6. The van der Waals surface area contributed by atoms with Crippen LogP contribution < -0.4 is 5.32 Å². The molecule has 3 heterocycles. The van der Waals surface area contributed by atoms with Crippen LogP contribution >= 0.6 is 0 Å². The molecular formula is C14H15N7O2. The third kappa shape index (κ3) is 3.39. The van der Waals surface area contributed by atoms with Crippen molar-refractivity contribution in [3.63, 3.8) is 0 Å². The lowest BCUT2D eigenvalue weighted by molar-refractivity contribution is -0.125. The molecule has 3 rings (SSSR count). The summed E-state index contributed by atoms with van der Waals surface area (Å²) in [6.07, 6.45) is 7.21. The van der Waals surface area contributed by atoms with Gasteiger partial charge in [-0.15, -0.1) is 0 Å². The number of hydrogen-bond donors (Lipinski definition) is 1. The minimum atomic E-state index is -0.371. The monoisotopic (exact) mass is 313 g/mol. The summed E-state index contributed by atoms with van der Waals surface area (Å²) in [4.78, 5) is 24.5. The molecule has 0 bridgehead atoms. The van der Waals surface area contributed by atoms with E-state index in [2.05, 4.69) is 30.5 Å². The summed E-state index contributed by atoms with van der Waals surface area (Å²) in [6, 6.07) is 3.11. The second-order valence-corrected chi connectivity index (χ2v) is 4.71. The van der Waals surface area contributed by atoms with Crippen LogP contribution in [0.4, 0.5) is 0 Å². The van der Waals surface area contributed by atoms with Gasteiger partial charge in [0.25, 0.3) is 0 Å². The van der Waals surface area contributed by atoms with Gasteiger partial charge in [0.05, 0.1) is 6.54 Å². The fourth-order valence-corrected chi connectivity index (χ4v) is 2.07. The lowest BCUT2D eigenvalue weighted by Crippen LogP contribution is -2.32. The molecule has 3 aromatic heterocycles. The topological polar surface area (TPSA) is 112 Å². The normalized spacial score (nSPS) is 12.0. The van der Waals surface area contributed by atoms with Crippen LogP contribution in [0, 0.1) is 0 Å². The highest BCUT2D eigenvalue weighted by Crippen LogP contribution is 2.11. The summed E-state index contributed by atoms with van der Waals surface area (Å²) < 4.78 is 6.71. The fraction of sp³-hybridized carbons (Fsp3) is 0.286. The van der Waals surface area contributed by atoms with Crippen LogP contribution in [-0.4, -0.2) is 35.8 Å². The second-order valence-electron chi connectivity index (χ2n) is 4.71. The van der Waals surface area contributed by atoms with Gasteiger partial charge in [0, 0.05) is 24.8 Å². The van der Waals surface area contributed by atoms with Crippen LogP contribution in [0.25, 0.3) is 11.6 Å². The van der Waals surface area contributed by atoms with Gasteiger partial charge in [-0.25, -0.2) is 9.97 Å². The lowest BCUT2D eigenvalue weighted by Gasteiger charge is -2.14. The maximum absolute atomic E-state index is 12.2. The highest BCUT2D eigenvalue weighted by molar-refractivity contribution is 5.79.